The summed E-state index contributed by atoms with van der Waals surface area (Å²) in [6, 6.07) is 7.76. The van der Waals surface area contributed by atoms with Gasteiger partial charge in [-0.25, -0.2) is 4.79 Å². The summed E-state index contributed by atoms with van der Waals surface area (Å²) in [6.45, 7) is 8.01. The van der Waals surface area contributed by atoms with Gasteiger partial charge in [0.15, 0.2) is 0 Å². The van der Waals surface area contributed by atoms with E-state index in [-0.39, 0.29) is 18.0 Å². The zero-order valence-corrected chi connectivity index (χ0v) is 18.5. The van der Waals surface area contributed by atoms with Crippen molar-refractivity contribution in [3.63, 3.8) is 0 Å². The molecule has 1 aliphatic heterocycles. The van der Waals surface area contributed by atoms with Gasteiger partial charge >= 0.3 is 6.03 Å². The fourth-order valence-electron chi connectivity index (χ4n) is 4.26. The third kappa shape index (κ3) is 5.64. The number of nitrogens with zero attached hydrogens (tertiary/aromatic N) is 3. The predicted molar refractivity (Wildman–Crippen MR) is 117 cm³/mol. The van der Waals surface area contributed by atoms with Crippen LogP contribution in [0.25, 0.3) is 0 Å². The lowest BCUT2D eigenvalue weighted by molar-refractivity contribution is -0.138. The molecule has 1 saturated carbocycles. The molecule has 0 radical (unpaired) electrons. The van der Waals surface area contributed by atoms with Crippen LogP contribution in [-0.2, 0) is 4.79 Å². The minimum absolute atomic E-state index is 0.0998. The number of hydrogen-bond donors (Lipinski definition) is 1. The summed E-state index contributed by atoms with van der Waals surface area (Å²) in [5.41, 5.74) is 0.802. The molecule has 0 atom stereocenters. The molecule has 3 rings (SSSR count). The fourth-order valence-corrected chi connectivity index (χ4v) is 4.38. The minimum Gasteiger partial charge on any atom is -0.340 e. The lowest BCUT2D eigenvalue weighted by Crippen LogP contribution is -2.52. The number of anilines is 1. The highest BCUT2D eigenvalue weighted by atomic mass is 35.5. The maximum Gasteiger partial charge on any atom is 0.321 e. The topological polar surface area (TPSA) is 55.9 Å². The van der Waals surface area contributed by atoms with E-state index in [0.29, 0.717) is 17.0 Å². The van der Waals surface area contributed by atoms with E-state index in [4.69, 9.17) is 11.6 Å². The third-order valence-corrected chi connectivity index (χ3v) is 6.53. The average Bonchev–Trinajstić information content (AvgIpc) is 2.74. The Hall–Kier alpha value is -1.79. The molecule has 1 N–H and O–H groups in total. The highest BCUT2D eigenvalue weighted by Gasteiger charge is 2.32. The molecule has 29 heavy (non-hydrogen) atoms. The Balaban J connectivity index is 1.43. The van der Waals surface area contributed by atoms with Gasteiger partial charge in [-0.1, -0.05) is 11.6 Å². The quantitative estimate of drug-likeness (QED) is 0.809. The van der Waals surface area contributed by atoms with Crippen molar-refractivity contribution >= 4 is 29.2 Å². The fraction of sp³-hybridized carbons (Fsp3) is 0.636. The molecule has 0 aromatic heterocycles. The van der Waals surface area contributed by atoms with Gasteiger partial charge in [-0.15, -0.1) is 0 Å². The van der Waals surface area contributed by atoms with Crippen molar-refractivity contribution in [2.24, 2.45) is 5.92 Å². The van der Waals surface area contributed by atoms with E-state index >= 15 is 0 Å². The Labute approximate surface area is 179 Å². The van der Waals surface area contributed by atoms with Gasteiger partial charge in [0, 0.05) is 61.9 Å². The van der Waals surface area contributed by atoms with Gasteiger partial charge < -0.3 is 10.2 Å². The Kier molecular flexibility index (Phi) is 7.41. The predicted octanol–water partition coefficient (Wildman–Crippen LogP) is 3.60. The summed E-state index contributed by atoms with van der Waals surface area (Å²) in [7, 11) is 1.75. The van der Waals surface area contributed by atoms with Gasteiger partial charge in [0.2, 0.25) is 5.91 Å². The molecular weight excluding hydrogens is 388 g/mol. The van der Waals surface area contributed by atoms with E-state index < -0.39 is 0 Å². The van der Waals surface area contributed by atoms with Crippen molar-refractivity contribution in [1.29, 1.82) is 0 Å². The largest absolute Gasteiger partial charge is 0.340 e. The molecule has 1 saturated heterocycles. The van der Waals surface area contributed by atoms with Gasteiger partial charge in [0.1, 0.15) is 0 Å². The molecule has 2 fully saturated rings. The van der Waals surface area contributed by atoms with E-state index in [1.165, 1.54) is 0 Å². The van der Waals surface area contributed by atoms with E-state index in [0.717, 1.165) is 57.5 Å². The smallest absolute Gasteiger partial charge is 0.321 e. The number of urea groups is 1. The van der Waals surface area contributed by atoms with Gasteiger partial charge in [-0.2, -0.15) is 0 Å². The van der Waals surface area contributed by atoms with E-state index in [1.807, 2.05) is 17.0 Å². The van der Waals surface area contributed by atoms with Crippen molar-refractivity contribution in [3.8, 4) is 0 Å². The molecule has 0 unspecified atom stereocenters. The van der Waals surface area contributed by atoms with E-state index in [9.17, 15) is 9.59 Å². The summed E-state index contributed by atoms with van der Waals surface area (Å²) in [6.07, 6.45) is 3.39. The van der Waals surface area contributed by atoms with Crippen molar-refractivity contribution in [2.75, 3.05) is 38.1 Å². The highest BCUT2D eigenvalue weighted by Crippen LogP contribution is 2.27. The Morgan fingerprint density at radius 3 is 2.17 bits per heavy atom. The summed E-state index contributed by atoms with van der Waals surface area (Å²) < 4.78 is 0. The van der Waals surface area contributed by atoms with Gasteiger partial charge in [-0.05, 0) is 63.8 Å². The number of amides is 3. The van der Waals surface area contributed by atoms with Crippen LogP contribution < -0.4 is 10.2 Å². The number of rotatable bonds is 4. The summed E-state index contributed by atoms with van der Waals surface area (Å²) in [5.74, 6) is 0.402. The first-order valence-electron chi connectivity index (χ1n) is 10.7. The second kappa shape index (κ2) is 9.81. The molecule has 1 aromatic carbocycles. The maximum atomic E-state index is 12.9. The third-order valence-electron chi connectivity index (χ3n) is 6.28. The van der Waals surface area contributed by atoms with Crippen molar-refractivity contribution in [2.45, 2.75) is 51.6 Å². The van der Waals surface area contributed by atoms with Crippen LogP contribution in [0.5, 0.6) is 0 Å². The van der Waals surface area contributed by atoms with Crippen LogP contribution in [0.15, 0.2) is 24.3 Å². The monoisotopic (exact) mass is 420 g/mol. The highest BCUT2D eigenvalue weighted by molar-refractivity contribution is 6.30. The van der Waals surface area contributed by atoms with Crippen LogP contribution >= 0.6 is 11.6 Å². The average molecular weight is 421 g/mol. The molecule has 6 nitrogen and oxygen atoms in total. The molecule has 7 heteroatoms. The first kappa shape index (κ1) is 21.9. The van der Waals surface area contributed by atoms with Gasteiger partial charge in [0.25, 0.3) is 0 Å². The Morgan fingerprint density at radius 1 is 1.03 bits per heavy atom. The zero-order chi connectivity index (χ0) is 21.0. The van der Waals surface area contributed by atoms with E-state index in [2.05, 4.69) is 24.1 Å². The summed E-state index contributed by atoms with van der Waals surface area (Å²) in [4.78, 5) is 31.5. The van der Waals surface area contributed by atoms with Crippen LogP contribution in [0.3, 0.4) is 0 Å². The number of carbonyl (C=O) groups excluding carboxylic acids is 2. The SMILES string of the molecule is CC(C)N1CCN(C(=O)[C@H]2CC[C@H](NC(=O)N(C)c3ccc(Cl)cc3)CC2)CC1. The molecule has 160 valence electrons. The normalized spacial score (nSPS) is 23.1. The number of benzene rings is 1. The minimum atomic E-state index is -0.119. The Bertz CT molecular complexity index is 693. The Morgan fingerprint density at radius 2 is 1.62 bits per heavy atom. The number of hydrogen-bond acceptors (Lipinski definition) is 3. The number of piperazine rings is 1. The number of halogens is 1. The molecule has 0 bridgehead atoms. The van der Waals surface area contributed by atoms with Crippen LogP contribution in [0.1, 0.15) is 39.5 Å². The molecular formula is C22H33ClN4O2. The lowest BCUT2D eigenvalue weighted by Gasteiger charge is -2.39. The molecule has 2 aliphatic rings. The zero-order valence-electron chi connectivity index (χ0n) is 17.7. The standard InChI is InChI=1S/C22H33ClN4O2/c1-16(2)26-12-14-27(15-13-26)21(28)17-4-8-19(9-5-17)24-22(29)25(3)20-10-6-18(23)7-11-20/h6-7,10-11,16-17,19H,4-5,8-9,12-15H2,1-3H3,(H,24,29)/t17-,19-. The second-order valence-corrected chi connectivity index (χ2v) is 8.92. The summed E-state index contributed by atoms with van der Waals surface area (Å²) in [5, 5.41) is 3.76. The van der Waals surface area contributed by atoms with Crippen molar-refractivity contribution in [3.05, 3.63) is 29.3 Å². The van der Waals surface area contributed by atoms with Crippen molar-refractivity contribution in [1.82, 2.24) is 15.1 Å². The second-order valence-electron chi connectivity index (χ2n) is 8.49. The number of carbonyl (C=O) groups is 2. The molecule has 1 heterocycles. The molecule has 3 amide bonds. The van der Waals surface area contributed by atoms with Crippen LogP contribution in [0, 0.1) is 5.92 Å². The lowest BCUT2D eigenvalue weighted by atomic mass is 9.85. The van der Waals surface area contributed by atoms with Crippen LogP contribution in [-0.4, -0.2) is 67.0 Å². The first-order chi connectivity index (χ1) is 13.8. The van der Waals surface area contributed by atoms with Crippen LogP contribution in [0.2, 0.25) is 5.02 Å². The number of nitrogens with one attached hydrogen (secondary N) is 1. The van der Waals surface area contributed by atoms with Gasteiger partial charge in [0.05, 0.1) is 0 Å². The molecule has 1 aromatic rings. The molecule has 1 aliphatic carbocycles. The maximum absolute atomic E-state index is 12.9. The van der Waals surface area contributed by atoms with Crippen LogP contribution in [0.4, 0.5) is 10.5 Å². The van der Waals surface area contributed by atoms with Crippen molar-refractivity contribution < 1.29 is 9.59 Å². The van der Waals surface area contributed by atoms with E-state index in [1.54, 1.807) is 24.1 Å². The van der Waals surface area contributed by atoms with Gasteiger partial charge in [-0.3, -0.25) is 14.6 Å². The molecule has 0 spiro atoms. The summed E-state index contributed by atoms with van der Waals surface area (Å²) >= 11 is 5.92. The first-order valence-corrected chi connectivity index (χ1v) is 11.1.